The van der Waals surface area contributed by atoms with Crippen LogP contribution in [0.4, 0.5) is 0 Å². The van der Waals surface area contributed by atoms with E-state index in [2.05, 4.69) is 37.3 Å². The van der Waals surface area contributed by atoms with Crippen LogP contribution < -0.4 is 4.74 Å². The standard InChI is InChI=1S/C15H20O/c1-3-4-5-6-7-8-11-14-12-9-10-13-15(14)16-2/h6-13H,3-5H2,1-2H3/b7-6-,11-8+. The second-order valence-corrected chi connectivity index (χ2v) is 3.67. The Balaban J connectivity index is 2.52. The Morgan fingerprint density at radius 3 is 2.75 bits per heavy atom. The van der Waals surface area contributed by atoms with Gasteiger partial charge in [0.2, 0.25) is 0 Å². The van der Waals surface area contributed by atoms with Crippen molar-refractivity contribution in [2.45, 2.75) is 26.2 Å². The molecule has 0 saturated carbocycles. The van der Waals surface area contributed by atoms with Gasteiger partial charge in [-0.05, 0) is 12.5 Å². The van der Waals surface area contributed by atoms with Crippen molar-refractivity contribution in [3.8, 4) is 5.75 Å². The van der Waals surface area contributed by atoms with Crippen molar-refractivity contribution >= 4 is 6.08 Å². The third-order valence-electron chi connectivity index (χ3n) is 2.39. The van der Waals surface area contributed by atoms with E-state index in [1.165, 1.54) is 12.8 Å². The van der Waals surface area contributed by atoms with Crippen LogP contribution in [0.15, 0.2) is 42.5 Å². The van der Waals surface area contributed by atoms with E-state index in [1.54, 1.807) is 7.11 Å². The third kappa shape index (κ3) is 4.35. The van der Waals surface area contributed by atoms with Crippen LogP contribution in [0.5, 0.6) is 5.75 Å². The summed E-state index contributed by atoms with van der Waals surface area (Å²) in [6, 6.07) is 8.02. The Kier molecular flexibility index (Phi) is 6.09. The van der Waals surface area contributed by atoms with Gasteiger partial charge in [0.25, 0.3) is 0 Å². The zero-order chi connectivity index (χ0) is 11.6. The Bertz CT molecular complexity index is 350. The zero-order valence-electron chi connectivity index (χ0n) is 10.1. The van der Waals surface area contributed by atoms with Gasteiger partial charge in [-0.15, -0.1) is 0 Å². The van der Waals surface area contributed by atoms with E-state index < -0.39 is 0 Å². The Labute approximate surface area is 98.5 Å². The summed E-state index contributed by atoms with van der Waals surface area (Å²) in [7, 11) is 1.70. The topological polar surface area (TPSA) is 9.23 Å². The quantitative estimate of drug-likeness (QED) is 0.504. The highest BCUT2D eigenvalue weighted by Gasteiger charge is 1.94. The van der Waals surface area contributed by atoms with Crippen molar-refractivity contribution in [2.24, 2.45) is 0 Å². The molecular formula is C15H20O. The minimum absolute atomic E-state index is 0.917. The van der Waals surface area contributed by atoms with Crippen LogP contribution in [-0.4, -0.2) is 7.11 Å². The fraction of sp³-hybridized carbons (Fsp3) is 0.333. The molecule has 86 valence electrons. The van der Waals surface area contributed by atoms with Gasteiger partial charge in [0.05, 0.1) is 7.11 Å². The summed E-state index contributed by atoms with van der Waals surface area (Å²) in [4.78, 5) is 0. The number of benzene rings is 1. The number of rotatable bonds is 6. The Morgan fingerprint density at radius 2 is 2.00 bits per heavy atom. The average Bonchev–Trinajstić information content (AvgIpc) is 2.34. The van der Waals surface area contributed by atoms with Crippen molar-refractivity contribution < 1.29 is 4.74 Å². The van der Waals surface area contributed by atoms with E-state index in [9.17, 15) is 0 Å². The molecule has 0 N–H and O–H groups in total. The first-order valence-corrected chi connectivity index (χ1v) is 5.84. The van der Waals surface area contributed by atoms with Crippen molar-refractivity contribution in [1.82, 2.24) is 0 Å². The molecule has 16 heavy (non-hydrogen) atoms. The first-order chi connectivity index (χ1) is 7.88. The number of para-hydroxylation sites is 1. The molecule has 0 radical (unpaired) electrons. The summed E-state index contributed by atoms with van der Waals surface area (Å²) in [6.07, 6.45) is 12.1. The summed E-state index contributed by atoms with van der Waals surface area (Å²) in [5, 5.41) is 0. The second-order valence-electron chi connectivity index (χ2n) is 3.67. The van der Waals surface area contributed by atoms with E-state index in [4.69, 9.17) is 4.74 Å². The van der Waals surface area contributed by atoms with Gasteiger partial charge >= 0.3 is 0 Å². The SMILES string of the molecule is CCCC/C=C\C=C\c1ccccc1OC. The lowest BCUT2D eigenvalue weighted by Gasteiger charge is -2.02. The lowest BCUT2D eigenvalue weighted by atomic mass is 10.2. The molecule has 0 fully saturated rings. The maximum Gasteiger partial charge on any atom is 0.126 e. The van der Waals surface area contributed by atoms with E-state index in [-0.39, 0.29) is 0 Å². The van der Waals surface area contributed by atoms with E-state index in [0.29, 0.717) is 0 Å². The van der Waals surface area contributed by atoms with Crippen LogP contribution in [0, 0.1) is 0 Å². The zero-order valence-corrected chi connectivity index (χ0v) is 10.1. The lowest BCUT2D eigenvalue weighted by Crippen LogP contribution is -1.84. The maximum atomic E-state index is 5.27. The number of methoxy groups -OCH3 is 1. The van der Waals surface area contributed by atoms with Gasteiger partial charge in [0, 0.05) is 5.56 Å². The molecule has 0 atom stereocenters. The number of hydrogen-bond donors (Lipinski definition) is 0. The fourth-order valence-corrected chi connectivity index (χ4v) is 1.46. The molecule has 0 aromatic heterocycles. The minimum atomic E-state index is 0.917. The predicted octanol–water partition coefficient (Wildman–Crippen LogP) is 4.45. The average molecular weight is 216 g/mol. The van der Waals surface area contributed by atoms with Gasteiger partial charge in [-0.3, -0.25) is 0 Å². The number of hydrogen-bond acceptors (Lipinski definition) is 1. The van der Waals surface area contributed by atoms with Gasteiger partial charge < -0.3 is 4.74 Å². The largest absolute Gasteiger partial charge is 0.496 e. The lowest BCUT2D eigenvalue weighted by molar-refractivity contribution is 0.414. The van der Waals surface area contributed by atoms with E-state index >= 15 is 0 Å². The Morgan fingerprint density at radius 1 is 1.19 bits per heavy atom. The summed E-state index contributed by atoms with van der Waals surface area (Å²) in [5.74, 6) is 0.917. The number of allylic oxidation sites excluding steroid dienone is 3. The summed E-state index contributed by atoms with van der Waals surface area (Å²) < 4.78 is 5.27. The summed E-state index contributed by atoms with van der Waals surface area (Å²) >= 11 is 0. The van der Waals surface area contributed by atoms with E-state index in [1.807, 2.05) is 18.2 Å². The summed E-state index contributed by atoms with van der Waals surface area (Å²) in [5.41, 5.74) is 1.12. The van der Waals surface area contributed by atoms with Crippen LogP contribution in [0.3, 0.4) is 0 Å². The molecule has 0 bridgehead atoms. The molecule has 0 unspecified atom stereocenters. The number of ether oxygens (including phenoxy) is 1. The van der Waals surface area contributed by atoms with Crippen LogP contribution in [0.25, 0.3) is 6.08 Å². The molecule has 0 aliphatic heterocycles. The molecule has 1 nitrogen and oxygen atoms in total. The van der Waals surface area contributed by atoms with Crippen LogP contribution >= 0.6 is 0 Å². The maximum absolute atomic E-state index is 5.27. The third-order valence-corrected chi connectivity index (χ3v) is 2.39. The molecule has 0 heterocycles. The minimum Gasteiger partial charge on any atom is -0.496 e. The van der Waals surface area contributed by atoms with E-state index in [0.717, 1.165) is 17.7 Å². The van der Waals surface area contributed by atoms with Crippen molar-refractivity contribution in [1.29, 1.82) is 0 Å². The summed E-state index contributed by atoms with van der Waals surface area (Å²) in [6.45, 7) is 2.21. The smallest absolute Gasteiger partial charge is 0.126 e. The van der Waals surface area contributed by atoms with Gasteiger partial charge in [0.15, 0.2) is 0 Å². The molecule has 1 heteroatoms. The predicted molar refractivity (Wildman–Crippen MR) is 70.7 cm³/mol. The fourth-order valence-electron chi connectivity index (χ4n) is 1.46. The monoisotopic (exact) mass is 216 g/mol. The van der Waals surface area contributed by atoms with Gasteiger partial charge in [-0.25, -0.2) is 0 Å². The Hall–Kier alpha value is -1.50. The molecule has 0 saturated heterocycles. The normalized spacial score (nSPS) is 11.4. The van der Waals surface area contributed by atoms with Crippen LogP contribution in [-0.2, 0) is 0 Å². The second kappa shape index (κ2) is 7.75. The van der Waals surface area contributed by atoms with Crippen molar-refractivity contribution in [2.75, 3.05) is 7.11 Å². The molecule has 0 spiro atoms. The molecule has 1 aromatic carbocycles. The van der Waals surface area contributed by atoms with Crippen LogP contribution in [0.1, 0.15) is 31.7 Å². The molecule has 1 aromatic rings. The van der Waals surface area contributed by atoms with Crippen LogP contribution in [0.2, 0.25) is 0 Å². The highest BCUT2D eigenvalue weighted by atomic mass is 16.5. The first-order valence-electron chi connectivity index (χ1n) is 5.84. The highest BCUT2D eigenvalue weighted by molar-refractivity contribution is 5.58. The number of unbranched alkanes of at least 4 members (excludes halogenated alkanes) is 2. The molecular weight excluding hydrogens is 196 g/mol. The van der Waals surface area contributed by atoms with Crippen molar-refractivity contribution in [3.63, 3.8) is 0 Å². The molecule has 0 aliphatic rings. The van der Waals surface area contributed by atoms with Gasteiger partial charge in [-0.2, -0.15) is 0 Å². The molecule has 0 aliphatic carbocycles. The molecule has 1 rings (SSSR count). The van der Waals surface area contributed by atoms with Crippen molar-refractivity contribution in [3.05, 3.63) is 48.1 Å². The molecule has 0 amide bonds. The van der Waals surface area contributed by atoms with Gasteiger partial charge in [0.1, 0.15) is 5.75 Å². The highest BCUT2D eigenvalue weighted by Crippen LogP contribution is 2.18. The first kappa shape index (κ1) is 12.6. The van der Waals surface area contributed by atoms with Gasteiger partial charge in [-0.1, -0.05) is 62.3 Å².